The molecule has 0 aliphatic heterocycles. The zero-order valence-electron chi connectivity index (χ0n) is 8.92. The highest BCUT2D eigenvalue weighted by Crippen LogP contribution is 2.31. The number of nitrogens with one attached hydrogen (secondary N) is 1. The molecule has 0 radical (unpaired) electrons. The van der Waals surface area contributed by atoms with Crippen molar-refractivity contribution in [3.8, 4) is 0 Å². The summed E-state index contributed by atoms with van der Waals surface area (Å²) in [6.07, 6.45) is 1.18. The largest absolute Gasteiger partial charge is 0.317 e. The molecule has 2 heteroatoms. The van der Waals surface area contributed by atoms with Crippen molar-refractivity contribution in [3.05, 3.63) is 22.4 Å². The van der Waals surface area contributed by atoms with Crippen molar-refractivity contribution in [1.82, 2.24) is 5.32 Å². The van der Waals surface area contributed by atoms with Crippen LogP contribution in [0.15, 0.2) is 17.5 Å². The quantitative estimate of drug-likeness (QED) is 0.782. The van der Waals surface area contributed by atoms with Crippen LogP contribution in [0.25, 0.3) is 0 Å². The van der Waals surface area contributed by atoms with Crippen LogP contribution in [0.3, 0.4) is 0 Å². The van der Waals surface area contributed by atoms with E-state index in [1.165, 1.54) is 11.3 Å². The molecule has 1 N–H and O–H groups in total. The normalized spacial score (nSPS) is 14.5. The van der Waals surface area contributed by atoms with E-state index >= 15 is 0 Å². The fraction of sp³-hybridized carbons (Fsp3) is 0.636. The highest BCUT2D eigenvalue weighted by molar-refractivity contribution is 7.10. The second-order valence-corrected chi connectivity index (χ2v) is 5.20. The molecule has 13 heavy (non-hydrogen) atoms. The van der Waals surface area contributed by atoms with Crippen LogP contribution < -0.4 is 5.32 Å². The minimum atomic E-state index is 0.302. The third-order valence-electron chi connectivity index (χ3n) is 2.50. The summed E-state index contributed by atoms with van der Waals surface area (Å²) in [6, 6.07) is 4.94. The van der Waals surface area contributed by atoms with Gasteiger partial charge in [-0.3, -0.25) is 0 Å². The first kappa shape index (κ1) is 10.7. The van der Waals surface area contributed by atoms with Crippen LogP contribution in [-0.2, 0) is 5.41 Å². The molecule has 0 aliphatic carbocycles. The van der Waals surface area contributed by atoms with Gasteiger partial charge in [-0.15, -0.1) is 11.3 Å². The molecule has 1 unspecified atom stereocenters. The molecular formula is C11H19NS. The van der Waals surface area contributed by atoms with E-state index in [1.807, 2.05) is 18.4 Å². The summed E-state index contributed by atoms with van der Waals surface area (Å²) in [6.45, 7) is 6.86. The molecule has 0 aliphatic rings. The Kier molecular flexibility index (Phi) is 3.51. The number of hydrogen-bond donors (Lipinski definition) is 1. The first-order valence-electron chi connectivity index (χ1n) is 4.77. The molecule has 0 saturated heterocycles. The van der Waals surface area contributed by atoms with Crippen molar-refractivity contribution in [3.63, 3.8) is 0 Å². The van der Waals surface area contributed by atoms with Gasteiger partial charge in [0.05, 0.1) is 0 Å². The van der Waals surface area contributed by atoms with Gasteiger partial charge in [0.15, 0.2) is 0 Å². The number of rotatable bonds is 4. The van der Waals surface area contributed by atoms with Crippen molar-refractivity contribution in [2.45, 2.75) is 38.6 Å². The van der Waals surface area contributed by atoms with E-state index in [-0.39, 0.29) is 0 Å². The maximum atomic E-state index is 3.29. The van der Waals surface area contributed by atoms with E-state index in [4.69, 9.17) is 0 Å². The molecule has 1 heterocycles. The Bertz CT molecular complexity index is 239. The van der Waals surface area contributed by atoms with Gasteiger partial charge in [-0.25, -0.2) is 0 Å². The first-order valence-corrected chi connectivity index (χ1v) is 5.65. The van der Waals surface area contributed by atoms with Gasteiger partial charge in [-0.05, 0) is 31.8 Å². The standard InChI is InChI=1S/C11H19NS/c1-9(12-4)8-11(2,3)10-6-5-7-13-10/h5-7,9,12H,8H2,1-4H3. The van der Waals surface area contributed by atoms with Gasteiger partial charge in [-0.2, -0.15) is 0 Å². The first-order chi connectivity index (χ1) is 6.06. The molecule has 0 saturated carbocycles. The van der Waals surface area contributed by atoms with Gasteiger partial charge in [0.25, 0.3) is 0 Å². The molecule has 1 aromatic heterocycles. The summed E-state index contributed by atoms with van der Waals surface area (Å²) in [5.41, 5.74) is 0.302. The molecule has 74 valence electrons. The van der Waals surface area contributed by atoms with Crippen molar-refractivity contribution in [2.75, 3.05) is 7.05 Å². The van der Waals surface area contributed by atoms with Crippen LogP contribution in [0.2, 0.25) is 0 Å². The van der Waals surface area contributed by atoms with Gasteiger partial charge in [-0.1, -0.05) is 19.9 Å². The Morgan fingerprint density at radius 1 is 1.54 bits per heavy atom. The summed E-state index contributed by atoms with van der Waals surface area (Å²) in [7, 11) is 2.02. The molecule has 1 nitrogen and oxygen atoms in total. The zero-order valence-corrected chi connectivity index (χ0v) is 9.74. The summed E-state index contributed by atoms with van der Waals surface area (Å²) in [4.78, 5) is 1.48. The Hall–Kier alpha value is -0.340. The molecule has 0 fully saturated rings. The topological polar surface area (TPSA) is 12.0 Å². The van der Waals surface area contributed by atoms with Gasteiger partial charge in [0.1, 0.15) is 0 Å². The highest BCUT2D eigenvalue weighted by Gasteiger charge is 2.23. The van der Waals surface area contributed by atoms with Crippen molar-refractivity contribution in [2.24, 2.45) is 0 Å². The van der Waals surface area contributed by atoms with Crippen LogP contribution in [0.4, 0.5) is 0 Å². The molecular weight excluding hydrogens is 178 g/mol. The maximum Gasteiger partial charge on any atom is 0.0102 e. The average molecular weight is 197 g/mol. The van der Waals surface area contributed by atoms with E-state index in [1.54, 1.807) is 0 Å². The fourth-order valence-corrected chi connectivity index (χ4v) is 2.50. The SMILES string of the molecule is CNC(C)CC(C)(C)c1cccs1. The van der Waals surface area contributed by atoms with Crippen LogP contribution in [0.5, 0.6) is 0 Å². The van der Waals surface area contributed by atoms with Crippen LogP contribution >= 0.6 is 11.3 Å². The van der Waals surface area contributed by atoms with Crippen LogP contribution in [0.1, 0.15) is 32.1 Å². The van der Waals surface area contributed by atoms with Gasteiger partial charge < -0.3 is 5.32 Å². The van der Waals surface area contributed by atoms with Crippen molar-refractivity contribution < 1.29 is 0 Å². The molecule has 1 rings (SSSR count). The Balaban J connectivity index is 2.66. The lowest BCUT2D eigenvalue weighted by molar-refractivity contribution is 0.411. The predicted molar refractivity (Wildman–Crippen MR) is 60.5 cm³/mol. The zero-order chi connectivity index (χ0) is 9.90. The fourth-order valence-electron chi connectivity index (χ4n) is 1.63. The molecule has 0 amide bonds. The minimum absolute atomic E-state index is 0.302. The molecule has 0 bridgehead atoms. The van der Waals surface area contributed by atoms with Crippen LogP contribution in [-0.4, -0.2) is 13.1 Å². The summed E-state index contributed by atoms with van der Waals surface area (Å²) in [5, 5.41) is 5.44. The highest BCUT2D eigenvalue weighted by atomic mass is 32.1. The molecule has 0 aromatic carbocycles. The Morgan fingerprint density at radius 3 is 2.69 bits per heavy atom. The molecule has 1 atom stereocenters. The predicted octanol–water partition coefficient (Wildman–Crippen LogP) is 3.02. The third-order valence-corrected chi connectivity index (χ3v) is 3.73. The number of hydrogen-bond acceptors (Lipinski definition) is 2. The third kappa shape index (κ3) is 2.82. The van der Waals surface area contributed by atoms with E-state index in [0.29, 0.717) is 11.5 Å². The lowest BCUT2D eigenvalue weighted by Gasteiger charge is -2.26. The Labute approximate surface area is 85.2 Å². The van der Waals surface area contributed by atoms with Gasteiger partial charge in [0.2, 0.25) is 0 Å². The Morgan fingerprint density at radius 2 is 2.23 bits per heavy atom. The lowest BCUT2D eigenvalue weighted by Crippen LogP contribution is -2.30. The van der Waals surface area contributed by atoms with E-state index < -0.39 is 0 Å². The van der Waals surface area contributed by atoms with Gasteiger partial charge in [0, 0.05) is 16.3 Å². The summed E-state index contributed by atoms with van der Waals surface area (Å²) < 4.78 is 0. The monoisotopic (exact) mass is 197 g/mol. The van der Waals surface area contributed by atoms with E-state index in [0.717, 1.165) is 0 Å². The molecule has 0 spiro atoms. The second-order valence-electron chi connectivity index (χ2n) is 4.26. The minimum Gasteiger partial charge on any atom is -0.317 e. The van der Waals surface area contributed by atoms with Gasteiger partial charge >= 0.3 is 0 Å². The number of thiophene rings is 1. The van der Waals surface area contributed by atoms with Crippen molar-refractivity contribution >= 4 is 11.3 Å². The second kappa shape index (κ2) is 4.25. The smallest absolute Gasteiger partial charge is 0.0102 e. The lowest BCUT2D eigenvalue weighted by atomic mass is 9.85. The summed E-state index contributed by atoms with van der Waals surface area (Å²) in [5.74, 6) is 0. The summed E-state index contributed by atoms with van der Waals surface area (Å²) >= 11 is 1.85. The van der Waals surface area contributed by atoms with Crippen LogP contribution in [0, 0.1) is 0 Å². The van der Waals surface area contributed by atoms with E-state index in [2.05, 4.69) is 43.6 Å². The average Bonchev–Trinajstić information content (AvgIpc) is 2.55. The molecule has 1 aromatic rings. The maximum absolute atomic E-state index is 3.29. The van der Waals surface area contributed by atoms with E-state index in [9.17, 15) is 0 Å². The van der Waals surface area contributed by atoms with Crippen molar-refractivity contribution in [1.29, 1.82) is 0 Å².